The molecule has 4 rings (SSSR count). The Kier molecular flexibility index (Phi) is 3.88. The number of aliphatic hydroxyl groups is 2. The fraction of sp³-hybridized carbons (Fsp3) is 0.762. The standard InChI is InChI=1S/C21H30O5/c1-19(2)15-5-8-21(4)16(20(15,3)7-6-17(19)24)10-13-14(23)9-12(11-22)25-18(13)26-21/h9,15-17,22,24H,5-8,10-11H2,1-4H3. The number of ether oxygens (including phenoxy) is 1. The van der Waals surface area contributed by atoms with Crippen LogP contribution in [0.25, 0.3) is 0 Å². The van der Waals surface area contributed by atoms with E-state index in [-0.39, 0.29) is 52.2 Å². The van der Waals surface area contributed by atoms with E-state index in [0.717, 1.165) is 25.7 Å². The van der Waals surface area contributed by atoms with Gasteiger partial charge >= 0.3 is 0 Å². The van der Waals surface area contributed by atoms with E-state index in [1.165, 1.54) is 6.07 Å². The second-order valence-corrected chi connectivity index (χ2v) is 9.65. The fourth-order valence-electron chi connectivity index (χ4n) is 6.37. The van der Waals surface area contributed by atoms with E-state index in [1.54, 1.807) is 0 Å². The maximum Gasteiger partial charge on any atom is 0.292 e. The molecule has 2 aliphatic carbocycles. The van der Waals surface area contributed by atoms with Gasteiger partial charge in [0, 0.05) is 12.0 Å². The van der Waals surface area contributed by atoms with Crippen LogP contribution in [-0.2, 0) is 13.0 Å². The van der Waals surface area contributed by atoms with Crippen molar-refractivity contribution in [3.05, 3.63) is 27.6 Å². The molecular formula is C21H30O5. The van der Waals surface area contributed by atoms with Gasteiger partial charge in [0.1, 0.15) is 18.0 Å². The zero-order valence-corrected chi connectivity index (χ0v) is 16.2. The molecule has 5 unspecified atom stereocenters. The summed E-state index contributed by atoms with van der Waals surface area (Å²) in [4.78, 5) is 12.6. The molecule has 1 aromatic heterocycles. The molecule has 0 bridgehead atoms. The van der Waals surface area contributed by atoms with Gasteiger partial charge in [-0.2, -0.15) is 0 Å². The first-order valence-corrected chi connectivity index (χ1v) is 9.75. The summed E-state index contributed by atoms with van der Waals surface area (Å²) < 4.78 is 12.0. The smallest absolute Gasteiger partial charge is 0.292 e. The van der Waals surface area contributed by atoms with Crippen molar-refractivity contribution in [1.82, 2.24) is 0 Å². The fourth-order valence-corrected chi connectivity index (χ4v) is 6.37. The lowest BCUT2D eigenvalue weighted by Crippen LogP contribution is -2.63. The number of aliphatic hydroxyl groups excluding tert-OH is 2. The maximum atomic E-state index is 12.6. The van der Waals surface area contributed by atoms with Crippen LogP contribution in [0.2, 0.25) is 0 Å². The van der Waals surface area contributed by atoms with Crippen molar-refractivity contribution < 1.29 is 19.4 Å². The lowest BCUT2D eigenvalue weighted by molar-refractivity contribution is -0.195. The molecule has 26 heavy (non-hydrogen) atoms. The SMILES string of the molecule is CC12CCC3C(C)(C)C(O)CCC3(C)C1Cc1c(oc(CO)cc1=O)O2. The van der Waals surface area contributed by atoms with Gasteiger partial charge in [-0.3, -0.25) is 4.79 Å². The zero-order chi connectivity index (χ0) is 18.9. The van der Waals surface area contributed by atoms with Crippen molar-refractivity contribution >= 4 is 0 Å². The van der Waals surface area contributed by atoms with Gasteiger partial charge in [-0.25, -0.2) is 0 Å². The first kappa shape index (κ1) is 18.1. The average Bonchev–Trinajstić information content (AvgIpc) is 2.57. The highest BCUT2D eigenvalue weighted by atomic mass is 16.6. The molecule has 0 radical (unpaired) electrons. The largest absolute Gasteiger partial charge is 0.458 e. The van der Waals surface area contributed by atoms with Gasteiger partial charge in [0.25, 0.3) is 5.95 Å². The van der Waals surface area contributed by atoms with E-state index in [9.17, 15) is 15.0 Å². The van der Waals surface area contributed by atoms with Gasteiger partial charge in [-0.1, -0.05) is 20.8 Å². The summed E-state index contributed by atoms with van der Waals surface area (Å²) in [6, 6.07) is 1.38. The molecule has 5 heteroatoms. The summed E-state index contributed by atoms with van der Waals surface area (Å²) in [6.45, 7) is 8.51. The predicted molar refractivity (Wildman–Crippen MR) is 97.0 cm³/mol. The zero-order valence-electron chi connectivity index (χ0n) is 16.2. The first-order chi connectivity index (χ1) is 12.1. The molecule has 2 saturated carbocycles. The van der Waals surface area contributed by atoms with Crippen LogP contribution >= 0.6 is 0 Å². The third-order valence-corrected chi connectivity index (χ3v) is 7.92. The van der Waals surface area contributed by atoms with E-state index in [0.29, 0.717) is 17.9 Å². The van der Waals surface area contributed by atoms with Crippen LogP contribution in [-0.4, -0.2) is 21.9 Å². The quantitative estimate of drug-likeness (QED) is 0.803. The monoisotopic (exact) mass is 362 g/mol. The summed E-state index contributed by atoms with van der Waals surface area (Å²) in [7, 11) is 0. The second-order valence-electron chi connectivity index (χ2n) is 9.65. The third kappa shape index (κ3) is 2.32. The number of hydrogen-bond acceptors (Lipinski definition) is 5. The van der Waals surface area contributed by atoms with Crippen molar-refractivity contribution in [1.29, 1.82) is 0 Å². The van der Waals surface area contributed by atoms with E-state index in [1.807, 2.05) is 0 Å². The maximum absolute atomic E-state index is 12.6. The topological polar surface area (TPSA) is 79.9 Å². The molecule has 1 aliphatic heterocycles. The molecule has 3 aliphatic rings. The number of fused-ring (bicyclic) bond motifs is 4. The van der Waals surface area contributed by atoms with Gasteiger partial charge in [0.2, 0.25) is 0 Å². The third-order valence-electron chi connectivity index (χ3n) is 7.92. The molecule has 2 fully saturated rings. The molecule has 0 saturated heterocycles. The van der Waals surface area contributed by atoms with Crippen molar-refractivity contribution in [2.24, 2.45) is 22.7 Å². The molecule has 2 heterocycles. The Morgan fingerprint density at radius 2 is 1.88 bits per heavy atom. The van der Waals surface area contributed by atoms with Crippen LogP contribution in [0.15, 0.2) is 15.3 Å². The highest BCUT2D eigenvalue weighted by Crippen LogP contribution is 2.64. The molecule has 1 aromatic rings. The number of rotatable bonds is 1. The van der Waals surface area contributed by atoms with Crippen LogP contribution in [0.3, 0.4) is 0 Å². The summed E-state index contributed by atoms with van der Waals surface area (Å²) >= 11 is 0. The Morgan fingerprint density at radius 1 is 1.15 bits per heavy atom. The van der Waals surface area contributed by atoms with Gasteiger partial charge in [0.15, 0.2) is 5.43 Å². The Hall–Kier alpha value is -1.33. The minimum atomic E-state index is -0.388. The lowest BCUT2D eigenvalue weighted by atomic mass is 9.44. The Balaban J connectivity index is 1.79. The van der Waals surface area contributed by atoms with Crippen molar-refractivity contribution in [2.45, 2.75) is 78.1 Å². The van der Waals surface area contributed by atoms with Gasteiger partial charge in [-0.15, -0.1) is 0 Å². The second kappa shape index (κ2) is 5.59. The van der Waals surface area contributed by atoms with Crippen LogP contribution in [0.1, 0.15) is 64.7 Å². The van der Waals surface area contributed by atoms with E-state index >= 15 is 0 Å². The molecule has 0 aromatic carbocycles. The molecule has 0 spiro atoms. The lowest BCUT2D eigenvalue weighted by Gasteiger charge is -2.63. The van der Waals surface area contributed by atoms with E-state index in [4.69, 9.17) is 9.15 Å². The van der Waals surface area contributed by atoms with Gasteiger partial charge in [0.05, 0.1) is 11.7 Å². The van der Waals surface area contributed by atoms with Crippen molar-refractivity contribution in [2.75, 3.05) is 0 Å². The highest BCUT2D eigenvalue weighted by molar-refractivity contribution is 5.31. The average molecular weight is 362 g/mol. The Labute approximate surface area is 154 Å². The molecule has 5 nitrogen and oxygen atoms in total. The van der Waals surface area contributed by atoms with Crippen LogP contribution in [0, 0.1) is 22.7 Å². The molecule has 0 amide bonds. The number of hydrogen-bond donors (Lipinski definition) is 2. The first-order valence-electron chi connectivity index (χ1n) is 9.75. The highest BCUT2D eigenvalue weighted by Gasteiger charge is 2.62. The summed E-state index contributed by atoms with van der Waals surface area (Å²) in [5.41, 5.74) is -0.0374. The van der Waals surface area contributed by atoms with Crippen LogP contribution in [0.4, 0.5) is 0 Å². The van der Waals surface area contributed by atoms with Crippen molar-refractivity contribution in [3.8, 4) is 5.95 Å². The van der Waals surface area contributed by atoms with Gasteiger partial charge in [-0.05, 0) is 55.8 Å². The Morgan fingerprint density at radius 3 is 2.58 bits per heavy atom. The van der Waals surface area contributed by atoms with Crippen LogP contribution in [0.5, 0.6) is 5.95 Å². The minimum Gasteiger partial charge on any atom is -0.458 e. The van der Waals surface area contributed by atoms with Gasteiger partial charge < -0.3 is 19.4 Å². The summed E-state index contributed by atoms with van der Waals surface area (Å²) in [5, 5.41) is 19.9. The molecule has 5 atom stereocenters. The van der Waals surface area contributed by atoms with E-state index in [2.05, 4.69) is 27.7 Å². The van der Waals surface area contributed by atoms with Crippen molar-refractivity contribution in [3.63, 3.8) is 0 Å². The molecule has 2 N–H and O–H groups in total. The minimum absolute atomic E-state index is 0.00943. The van der Waals surface area contributed by atoms with E-state index < -0.39 is 0 Å². The summed E-state index contributed by atoms with van der Waals surface area (Å²) in [5.74, 6) is 1.14. The molecular weight excluding hydrogens is 332 g/mol. The predicted octanol–water partition coefficient (Wildman–Crippen LogP) is 3.04. The normalized spacial score (nSPS) is 40.8. The Bertz CT molecular complexity index is 781. The molecule has 144 valence electrons. The summed E-state index contributed by atoms with van der Waals surface area (Å²) in [6.07, 6.45) is 3.96. The van der Waals surface area contributed by atoms with Crippen LogP contribution < -0.4 is 10.2 Å².